The highest BCUT2D eigenvalue weighted by atomic mass is 79.9. The molecule has 0 aromatic heterocycles. The number of ether oxygens (including phenoxy) is 1. The van der Waals surface area contributed by atoms with E-state index in [1.807, 2.05) is 25.2 Å². The predicted molar refractivity (Wildman–Crippen MR) is 75.2 cm³/mol. The summed E-state index contributed by atoms with van der Waals surface area (Å²) in [5.41, 5.74) is 7.53. The molecule has 0 radical (unpaired) electrons. The smallest absolute Gasteiger partial charge is 0.104 e. The second-order valence-corrected chi connectivity index (χ2v) is 4.74. The van der Waals surface area contributed by atoms with Gasteiger partial charge in [0.25, 0.3) is 0 Å². The Labute approximate surface area is 110 Å². The van der Waals surface area contributed by atoms with Crippen molar-refractivity contribution < 1.29 is 4.74 Å². The number of methoxy groups -OCH3 is 1. The fourth-order valence-corrected chi connectivity index (χ4v) is 2.13. The highest BCUT2D eigenvalue weighted by Crippen LogP contribution is 2.26. The maximum Gasteiger partial charge on any atom is 0.104 e. The van der Waals surface area contributed by atoms with Crippen LogP contribution < -0.4 is 10.6 Å². The number of nitrogens with two attached hydrogens (primary N) is 1. The highest BCUT2D eigenvalue weighted by Gasteiger charge is 2.07. The molecule has 0 amide bonds. The largest absolute Gasteiger partial charge is 0.389 e. The molecule has 88 valence electrons. The maximum absolute atomic E-state index is 5.57. The Bertz CT molecular complexity index is 384. The molecule has 2 N–H and O–H groups in total. The quantitative estimate of drug-likeness (QED) is 0.846. The van der Waals surface area contributed by atoms with E-state index in [1.165, 1.54) is 0 Å². The molecule has 0 aliphatic heterocycles. The van der Waals surface area contributed by atoms with Crippen molar-refractivity contribution in [3.8, 4) is 0 Å². The molecule has 0 unspecified atom stereocenters. The third-order valence-corrected chi connectivity index (χ3v) is 3.15. The van der Waals surface area contributed by atoms with Crippen molar-refractivity contribution in [3.63, 3.8) is 0 Å². The first-order valence-electron chi connectivity index (χ1n) is 4.85. The molecular formula is C11H15BrN2OS. The van der Waals surface area contributed by atoms with Crippen LogP contribution in [0.3, 0.4) is 0 Å². The topological polar surface area (TPSA) is 38.5 Å². The highest BCUT2D eigenvalue weighted by molar-refractivity contribution is 9.10. The molecule has 5 heteroatoms. The molecule has 0 atom stereocenters. The number of nitrogens with zero attached hydrogens (tertiary/aromatic N) is 1. The Hall–Kier alpha value is -0.650. The average Bonchev–Trinajstić information content (AvgIpc) is 2.25. The Balaban J connectivity index is 2.85. The summed E-state index contributed by atoms with van der Waals surface area (Å²) in [5, 5.41) is 0. The monoisotopic (exact) mass is 302 g/mol. The van der Waals surface area contributed by atoms with Crippen molar-refractivity contribution in [2.75, 3.05) is 32.2 Å². The summed E-state index contributed by atoms with van der Waals surface area (Å²) < 4.78 is 6.02. The van der Waals surface area contributed by atoms with Gasteiger partial charge in [0, 0.05) is 30.7 Å². The van der Waals surface area contributed by atoms with Gasteiger partial charge in [-0.05, 0) is 34.1 Å². The van der Waals surface area contributed by atoms with Crippen LogP contribution in [-0.4, -0.2) is 32.3 Å². The lowest BCUT2D eigenvalue weighted by Gasteiger charge is -2.20. The van der Waals surface area contributed by atoms with Crippen molar-refractivity contribution in [2.45, 2.75) is 0 Å². The van der Waals surface area contributed by atoms with E-state index in [0.29, 0.717) is 11.6 Å². The third-order valence-electron chi connectivity index (χ3n) is 2.27. The number of benzene rings is 1. The Morgan fingerprint density at radius 2 is 2.25 bits per heavy atom. The van der Waals surface area contributed by atoms with E-state index in [-0.39, 0.29) is 0 Å². The van der Waals surface area contributed by atoms with Crippen LogP contribution in [-0.2, 0) is 4.74 Å². The molecule has 0 spiro atoms. The Morgan fingerprint density at radius 3 is 2.75 bits per heavy atom. The van der Waals surface area contributed by atoms with Crippen molar-refractivity contribution in [1.82, 2.24) is 0 Å². The first kappa shape index (κ1) is 13.4. The molecule has 0 aliphatic rings. The van der Waals surface area contributed by atoms with Crippen LogP contribution in [0.4, 0.5) is 5.69 Å². The first-order valence-corrected chi connectivity index (χ1v) is 6.06. The van der Waals surface area contributed by atoms with Crippen LogP contribution in [0, 0.1) is 0 Å². The summed E-state index contributed by atoms with van der Waals surface area (Å²) in [7, 11) is 3.71. The standard InChI is InChI=1S/C11H15BrN2OS/c1-14(5-6-15-2)10-4-3-8(11(13)16)7-9(10)12/h3-4,7H,5-6H2,1-2H3,(H2,13,16). The zero-order valence-corrected chi connectivity index (χ0v) is 11.8. The van der Waals surface area contributed by atoms with Gasteiger partial charge >= 0.3 is 0 Å². The summed E-state index contributed by atoms with van der Waals surface area (Å²) in [6.45, 7) is 1.53. The van der Waals surface area contributed by atoms with Crippen LogP contribution >= 0.6 is 28.1 Å². The van der Waals surface area contributed by atoms with Gasteiger partial charge in [0.1, 0.15) is 4.99 Å². The molecule has 3 nitrogen and oxygen atoms in total. The van der Waals surface area contributed by atoms with Gasteiger partial charge in [-0.25, -0.2) is 0 Å². The van der Waals surface area contributed by atoms with Gasteiger partial charge < -0.3 is 15.4 Å². The van der Waals surface area contributed by atoms with Gasteiger partial charge in [-0.15, -0.1) is 0 Å². The predicted octanol–water partition coefficient (Wildman–Crippen LogP) is 2.17. The zero-order chi connectivity index (χ0) is 12.1. The lowest BCUT2D eigenvalue weighted by Crippen LogP contribution is -2.22. The molecular weight excluding hydrogens is 288 g/mol. The number of hydrogen-bond acceptors (Lipinski definition) is 3. The Morgan fingerprint density at radius 1 is 1.56 bits per heavy atom. The van der Waals surface area contributed by atoms with Gasteiger partial charge in [-0.3, -0.25) is 0 Å². The van der Waals surface area contributed by atoms with E-state index in [1.54, 1.807) is 7.11 Å². The van der Waals surface area contributed by atoms with Crippen LogP contribution in [0.1, 0.15) is 5.56 Å². The van der Waals surface area contributed by atoms with Crippen LogP contribution in [0.5, 0.6) is 0 Å². The number of thiocarbonyl (C=S) groups is 1. The van der Waals surface area contributed by atoms with E-state index in [9.17, 15) is 0 Å². The molecule has 0 heterocycles. The minimum Gasteiger partial charge on any atom is -0.389 e. The van der Waals surface area contributed by atoms with Gasteiger partial charge in [0.15, 0.2) is 0 Å². The molecule has 1 aromatic carbocycles. The van der Waals surface area contributed by atoms with Crippen molar-refractivity contribution in [2.24, 2.45) is 5.73 Å². The average molecular weight is 303 g/mol. The number of anilines is 1. The summed E-state index contributed by atoms with van der Waals surface area (Å²) >= 11 is 8.43. The van der Waals surface area contributed by atoms with E-state index in [0.717, 1.165) is 22.3 Å². The van der Waals surface area contributed by atoms with E-state index < -0.39 is 0 Å². The van der Waals surface area contributed by atoms with Crippen LogP contribution in [0.2, 0.25) is 0 Å². The number of halogens is 1. The SMILES string of the molecule is COCCN(C)c1ccc(C(N)=S)cc1Br. The number of hydrogen-bond donors (Lipinski definition) is 1. The van der Waals surface area contributed by atoms with Crippen molar-refractivity contribution >= 4 is 38.8 Å². The van der Waals surface area contributed by atoms with Crippen molar-refractivity contribution in [3.05, 3.63) is 28.2 Å². The number of likely N-dealkylation sites (N-methyl/N-ethyl adjacent to an activating group) is 1. The fraction of sp³-hybridized carbons (Fsp3) is 0.364. The molecule has 0 saturated carbocycles. The minimum absolute atomic E-state index is 0.409. The second-order valence-electron chi connectivity index (χ2n) is 3.44. The molecule has 0 fully saturated rings. The van der Waals surface area contributed by atoms with Crippen molar-refractivity contribution in [1.29, 1.82) is 0 Å². The van der Waals surface area contributed by atoms with Gasteiger partial charge in [0.05, 0.1) is 12.3 Å². The van der Waals surface area contributed by atoms with E-state index in [2.05, 4.69) is 20.8 Å². The van der Waals surface area contributed by atoms with Gasteiger partial charge in [0.2, 0.25) is 0 Å². The van der Waals surface area contributed by atoms with E-state index in [4.69, 9.17) is 22.7 Å². The summed E-state index contributed by atoms with van der Waals surface area (Å²) in [6.07, 6.45) is 0. The molecule has 16 heavy (non-hydrogen) atoms. The molecule has 0 aliphatic carbocycles. The second kappa shape index (κ2) is 6.18. The lowest BCUT2D eigenvalue weighted by molar-refractivity contribution is 0.206. The normalized spacial score (nSPS) is 10.2. The van der Waals surface area contributed by atoms with Crippen LogP contribution in [0.15, 0.2) is 22.7 Å². The molecule has 1 aromatic rings. The lowest BCUT2D eigenvalue weighted by atomic mass is 10.2. The maximum atomic E-state index is 5.57. The zero-order valence-electron chi connectivity index (χ0n) is 9.37. The molecule has 0 saturated heterocycles. The van der Waals surface area contributed by atoms with Gasteiger partial charge in [-0.1, -0.05) is 12.2 Å². The Kier molecular flexibility index (Phi) is 5.18. The summed E-state index contributed by atoms with van der Waals surface area (Å²) in [4.78, 5) is 2.52. The first-order chi connectivity index (χ1) is 7.56. The fourth-order valence-electron chi connectivity index (χ4n) is 1.32. The molecule has 0 bridgehead atoms. The summed E-state index contributed by atoms with van der Waals surface area (Å²) in [5.74, 6) is 0. The van der Waals surface area contributed by atoms with E-state index >= 15 is 0 Å². The molecule has 1 rings (SSSR count). The van der Waals surface area contributed by atoms with Gasteiger partial charge in [-0.2, -0.15) is 0 Å². The summed E-state index contributed by atoms with van der Waals surface area (Å²) in [6, 6.07) is 5.85. The third kappa shape index (κ3) is 3.43. The van der Waals surface area contributed by atoms with Crippen LogP contribution in [0.25, 0.3) is 0 Å². The number of rotatable bonds is 5. The minimum atomic E-state index is 0.409.